The van der Waals surface area contributed by atoms with Crippen LogP contribution in [0.3, 0.4) is 0 Å². The summed E-state index contributed by atoms with van der Waals surface area (Å²) in [5, 5.41) is 30.4. The molecule has 0 radical (unpaired) electrons. The Morgan fingerprint density at radius 2 is 1.64 bits per heavy atom. The highest BCUT2D eigenvalue weighted by molar-refractivity contribution is 5.66. The topological polar surface area (TPSA) is 77.8 Å². The standard InChI is InChI=1S/C24H40O4/c1-14(4-7-22(27)28)17-5-6-18-16-13-21(26)20-12-15(25)8-10-24(20,3)19(16)9-11-23(17,18)2/h14-21,25-26H,4-13H2,1-3H3,(H,27,28)/t14-,15-,16+,17-,18+,19+,20+,21-,23+,24+/m0/s1. The second-order valence-corrected chi connectivity index (χ2v) is 11.4. The minimum absolute atomic E-state index is 0.176. The third-order valence-corrected chi connectivity index (χ3v) is 10.2. The van der Waals surface area contributed by atoms with Gasteiger partial charge < -0.3 is 15.3 Å². The van der Waals surface area contributed by atoms with Gasteiger partial charge >= 0.3 is 5.97 Å². The van der Waals surface area contributed by atoms with Crippen LogP contribution in [0, 0.1) is 46.3 Å². The van der Waals surface area contributed by atoms with Gasteiger partial charge in [-0.2, -0.15) is 0 Å². The van der Waals surface area contributed by atoms with Gasteiger partial charge in [0, 0.05) is 6.42 Å². The first-order valence-electron chi connectivity index (χ1n) is 11.7. The lowest BCUT2D eigenvalue weighted by atomic mass is 9.44. The molecular formula is C24H40O4. The molecule has 0 bridgehead atoms. The molecule has 0 amide bonds. The summed E-state index contributed by atoms with van der Waals surface area (Å²) in [7, 11) is 0. The summed E-state index contributed by atoms with van der Waals surface area (Å²) in [5.41, 5.74) is 0.478. The second kappa shape index (κ2) is 7.27. The predicted molar refractivity (Wildman–Crippen MR) is 109 cm³/mol. The Morgan fingerprint density at radius 3 is 2.36 bits per heavy atom. The first-order valence-corrected chi connectivity index (χ1v) is 11.7. The molecule has 4 rings (SSSR count). The number of carboxylic acids is 1. The number of carbonyl (C=O) groups is 1. The van der Waals surface area contributed by atoms with Crippen molar-refractivity contribution in [3.05, 3.63) is 0 Å². The number of aliphatic hydroxyl groups excluding tert-OH is 2. The Hall–Kier alpha value is -0.610. The monoisotopic (exact) mass is 392 g/mol. The molecule has 0 unspecified atom stereocenters. The van der Waals surface area contributed by atoms with E-state index in [1.807, 2.05) is 0 Å². The first-order chi connectivity index (χ1) is 13.2. The molecule has 0 aromatic heterocycles. The Kier molecular flexibility index (Phi) is 5.36. The zero-order valence-electron chi connectivity index (χ0n) is 17.9. The molecule has 3 N–H and O–H groups in total. The Labute approximate surface area is 170 Å². The van der Waals surface area contributed by atoms with Crippen LogP contribution in [0.1, 0.15) is 85.0 Å². The smallest absolute Gasteiger partial charge is 0.303 e. The van der Waals surface area contributed by atoms with E-state index in [2.05, 4.69) is 20.8 Å². The van der Waals surface area contributed by atoms with Crippen molar-refractivity contribution in [1.29, 1.82) is 0 Å². The summed E-state index contributed by atoms with van der Waals surface area (Å²) in [5.74, 6) is 2.61. The molecule has 10 atom stereocenters. The summed E-state index contributed by atoms with van der Waals surface area (Å²) in [6.07, 6.45) is 9.16. The SMILES string of the molecule is C[C@@H](CCC(=O)O)[C@@H]1CC[C@@H]2[C@H]3C[C@H](O)[C@H]4C[C@@H](O)CC[C@]4(C)[C@@H]3CC[C@@]21C. The maximum Gasteiger partial charge on any atom is 0.303 e. The van der Waals surface area contributed by atoms with Crippen molar-refractivity contribution >= 4 is 5.97 Å². The van der Waals surface area contributed by atoms with Crippen molar-refractivity contribution in [2.24, 2.45) is 46.3 Å². The average molecular weight is 393 g/mol. The fourth-order valence-electron chi connectivity index (χ4n) is 8.81. The molecule has 0 aromatic carbocycles. The van der Waals surface area contributed by atoms with Gasteiger partial charge in [-0.15, -0.1) is 0 Å². The number of fused-ring (bicyclic) bond motifs is 5. The highest BCUT2D eigenvalue weighted by atomic mass is 16.4. The third kappa shape index (κ3) is 3.14. The van der Waals surface area contributed by atoms with Crippen molar-refractivity contribution in [1.82, 2.24) is 0 Å². The molecule has 0 aliphatic heterocycles. The molecule has 4 heteroatoms. The van der Waals surface area contributed by atoms with Crippen LogP contribution in [0.4, 0.5) is 0 Å². The van der Waals surface area contributed by atoms with Gasteiger partial charge in [-0.3, -0.25) is 4.79 Å². The minimum atomic E-state index is -0.677. The van der Waals surface area contributed by atoms with Crippen LogP contribution in [0.25, 0.3) is 0 Å². The number of aliphatic hydroxyl groups is 2. The molecular weight excluding hydrogens is 352 g/mol. The van der Waals surface area contributed by atoms with E-state index in [-0.39, 0.29) is 30.0 Å². The van der Waals surface area contributed by atoms with Gasteiger partial charge in [0.1, 0.15) is 0 Å². The normalized spacial score (nSPS) is 51.7. The summed E-state index contributed by atoms with van der Waals surface area (Å²) < 4.78 is 0. The summed E-state index contributed by atoms with van der Waals surface area (Å²) in [6, 6.07) is 0. The second-order valence-electron chi connectivity index (χ2n) is 11.4. The molecule has 160 valence electrons. The van der Waals surface area contributed by atoms with Crippen molar-refractivity contribution in [3.8, 4) is 0 Å². The molecule has 4 aliphatic carbocycles. The van der Waals surface area contributed by atoms with Gasteiger partial charge in [0.2, 0.25) is 0 Å². The highest BCUT2D eigenvalue weighted by Gasteiger charge is 2.62. The fourth-order valence-corrected chi connectivity index (χ4v) is 8.81. The maximum absolute atomic E-state index is 11.1. The number of rotatable bonds is 4. The minimum Gasteiger partial charge on any atom is -0.481 e. The molecule has 4 fully saturated rings. The van der Waals surface area contributed by atoms with E-state index in [1.54, 1.807) is 0 Å². The molecule has 0 saturated heterocycles. The Bertz CT molecular complexity index is 605. The lowest BCUT2D eigenvalue weighted by Gasteiger charge is -2.62. The van der Waals surface area contributed by atoms with E-state index < -0.39 is 5.97 Å². The summed E-state index contributed by atoms with van der Waals surface area (Å²) in [4.78, 5) is 11.1. The first kappa shape index (κ1) is 20.7. The number of hydrogen-bond donors (Lipinski definition) is 3. The van der Waals surface area contributed by atoms with E-state index in [0.717, 1.165) is 32.1 Å². The van der Waals surface area contributed by atoms with E-state index >= 15 is 0 Å². The zero-order chi connectivity index (χ0) is 20.3. The summed E-state index contributed by atoms with van der Waals surface area (Å²) in [6.45, 7) is 7.16. The van der Waals surface area contributed by atoms with Crippen LogP contribution in [0.2, 0.25) is 0 Å². The van der Waals surface area contributed by atoms with Crippen molar-refractivity contribution < 1.29 is 20.1 Å². The van der Waals surface area contributed by atoms with Gasteiger partial charge in [-0.25, -0.2) is 0 Å². The zero-order valence-corrected chi connectivity index (χ0v) is 17.9. The van der Waals surface area contributed by atoms with Gasteiger partial charge in [0.05, 0.1) is 12.2 Å². The van der Waals surface area contributed by atoms with Crippen LogP contribution in [-0.4, -0.2) is 33.5 Å². The van der Waals surface area contributed by atoms with Gasteiger partial charge in [0.25, 0.3) is 0 Å². The largest absolute Gasteiger partial charge is 0.481 e. The van der Waals surface area contributed by atoms with Gasteiger partial charge in [0.15, 0.2) is 0 Å². The Balaban J connectivity index is 1.55. The molecule has 4 saturated carbocycles. The van der Waals surface area contributed by atoms with Crippen LogP contribution in [0.15, 0.2) is 0 Å². The van der Waals surface area contributed by atoms with Crippen LogP contribution < -0.4 is 0 Å². The van der Waals surface area contributed by atoms with Gasteiger partial charge in [-0.05, 0) is 104 Å². The van der Waals surface area contributed by atoms with E-state index in [1.165, 1.54) is 25.7 Å². The average Bonchev–Trinajstić information content (AvgIpc) is 2.99. The number of aliphatic carboxylic acids is 1. The van der Waals surface area contributed by atoms with Crippen molar-refractivity contribution in [2.75, 3.05) is 0 Å². The quantitative estimate of drug-likeness (QED) is 0.659. The lowest BCUT2D eigenvalue weighted by molar-refractivity contribution is -0.172. The molecule has 4 nitrogen and oxygen atoms in total. The Morgan fingerprint density at radius 1 is 0.964 bits per heavy atom. The predicted octanol–water partition coefficient (Wildman–Crippen LogP) is 4.48. The van der Waals surface area contributed by atoms with E-state index in [9.17, 15) is 15.0 Å². The molecule has 28 heavy (non-hydrogen) atoms. The molecule has 4 aliphatic rings. The molecule has 0 spiro atoms. The maximum atomic E-state index is 11.1. The highest BCUT2D eigenvalue weighted by Crippen LogP contribution is 2.68. The summed E-state index contributed by atoms with van der Waals surface area (Å²) >= 11 is 0. The van der Waals surface area contributed by atoms with Crippen LogP contribution in [-0.2, 0) is 4.79 Å². The van der Waals surface area contributed by atoms with Crippen molar-refractivity contribution in [2.45, 2.75) is 97.2 Å². The third-order valence-electron chi connectivity index (χ3n) is 10.2. The molecule has 0 aromatic rings. The van der Waals surface area contributed by atoms with E-state index in [0.29, 0.717) is 35.0 Å². The van der Waals surface area contributed by atoms with E-state index in [4.69, 9.17) is 5.11 Å². The number of hydrogen-bond acceptors (Lipinski definition) is 3. The van der Waals surface area contributed by atoms with Gasteiger partial charge in [-0.1, -0.05) is 20.8 Å². The number of carboxylic acid groups (broad SMARTS) is 1. The van der Waals surface area contributed by atoms with Crippen molar-refractivity contribution in [3.63, 3.8) is 0 Å². The fraction of sp³-hybridized carbons (Fsp3) is 0.958. The lowest BCUT2D eigenvalue weighted by Crippen LogP contribution is -2.58. The molecule has 0 heterocycles. The van der Waals surface area contributed by atoms with Crippen LogP contribution in [0.5, 0.6) is 0 Å². The van der Waals surface area contributed by atoms with Crippen LogP contribution >= 0.6 is 0 Å².